The van der Waals surface area contributed by atoms with Crippen molar-refractivity contribution in [1.82, 2.24) is 0 Å². The molecule has 0 saturated carbocycles. The van der Waals surface area contributed by atoms with Crippen LogP contribution >= 0.6 is 0 Å². The molecular weight excluding hydrogens is 364 g/mol. The van der Waals surface area contributed by atoms with Crippen molar-refractivity contribution in [2.75, 3.05) is 6.61 Å². The van der Waals surface area contributed by atoms with Gasteiger partial charge in [-0.15, -0.1) is 0 Å². The van der Waals surface area contributed by atoms with E-state index in [-0.39, 0.29) is 6.61 Å². The number of hydrogen-bond acceptors (Lipinski definition) is 7. The topological polar surface area (TPSA) is 94.5 Å². The van der Waals surface area contributed by atoms with Crippen molar-refractivity contribution in [2.24, 2.45) is 0 Å². The molecule has 0 aromatic heterocycles. The zero-order valence-corrected chi connectivity index (χ0v) is 15.3. The summed E-state index contributed by atoms with van der Waals surface area (Å²) >= 11 is 0. The average molecular weight is 382 g/mol. The van der Waals surface area contributed by atoms with E-state index in [0.29, 0.717) is 22.6 Å². The second kappa shape index (κ2) is 5.73. The van der Waals surface area contributed by atoms with Crippen molar-refractivity contribution < 1.29 is 34.0 Å². The summed E-state index contributed by atoms with van der Waals surface area (Å²) in [5.41, 5.74) is 3.40. The molecule has 144 valence electrons. The number of rotatable bonds is 1. The van der Waals surface area contributed by atoms with E-state index in [1.807, 2.05) is 50.2 Å². The maximum Gasteiger partial charge on any atom is 0.377 e. The molecule has 5 rings (SSSR count). The van der Waals surface area contributed by atoms with Crippen molar-refractivity contribution in [3.8, 4) is 11.5 Å². The molecule has 3 aliphatic heterocycles. The number of carbonyl (C=O) groups is 1. The molecule has 0 aliphatic carbocycles. The molecule has 1 unspecified atom stereocenters. The van der Waals surface area contributed by atoms with Crippen LogP contribution in [0.2, 0.25) is 0 Å². The molecule has 0 bridgehead atoms. The molecule has 1 fully saturated rings. The van der Waals surface area contributed by atoms with Crippen LogP contribution in [0.25, 0.3) is 0 Å². The summed E-state index contributed by atoms with van der Waals surface area (Å²) in [6.45, 7) is 3.96. The summed E-state index contributed by atoms with van der Waals surface area (Å²) < 4.78 is 23.6. The summed E-state index contributed by atoms with van der Waals surface area (Å²) in [6, 6.07) is 11.4. The Morgan fingerprint density at radius 1 is 1.00 bits per heavy atom. The third-order valence-corrected chi connectivity index (χ3v) is 5.24. The number of aliphatic hydroxyl groups excluding tert-OH is 2. The van der Waals surface area contributed by atoms with Gasteiger partial charge in [0.15, 0.2) is 11.9 Å². The highest BCUT2D eigenvalue weighted by atomic mass is 16.8. The number of carbonyl (C=O) groups excluding carboxylic acids is 1. The van der Waals surface area contributed by atoms with E-state index in [2.05, 4.69) is 0 Å². The van der Waals surface area contributed by atoms with E-state index >= 15 is 0 Å². The van der Waals surface area contributed by atoms with Crippen molar-refractivity contribution >= 4 is 5.97 Å². The first-order valence-electron chi connectivity index (χ1n) is 8.94. The molecule has 7 heteroatoms. The minimum atomic E-state index is -1.27. The smallest absolute Gasteiger partial charge is 0.377 e. The molecule has 3 aliphatic rings. The quantitative estimate of drug-likeness (QED) is 0.731. The van der Waals surface area contributed by atoms with Gasteiger partial charge in [-0.2, -0.15) is 0 Å². The first kappa shape index (κ1) is 17.1. The van der Waals surface area contributed by atoms with Crippen LogP contribution in [-0.4, -0.2) is 35.0 Å². The Labute approximate surface area is 160 Å². The largest absolute Gasteiger partial charge is 0.505 e. The molecule has 2 N–H and O–H groups in total. The second-order valence-electron chi connectivity index (χ2n) is 7.24. The number of esters is 1. The Bertz CT molecular complexity index is 988. The zero-order valence-electron chi connectivity index (χ0n) is 15.3. The van der Waals surface area contributed by atoms with Crippen LogP contribution in [0, 0.1) is 13.8 Å². The summed E-state index contributed by atoms with van der Waals surface area (Å²) in [4.78, 5) is 11.6. The number of aliphatic hydroxyl groups is 2. The molecule has 2 aromatic carbocycles. The first-order valence-corrected chi connectivity index (χ1v) is 8.94. The Balaban J connectivity index is 1.63. The molecule has 2 aromatic rings. The van der Waals surface area contributed by atoms with Gasteiger partial charge in [0.1, 0.15) is 17.6 Å². The van der Waals surface area contributed by atoms with Crippen molar-refractivity contribution in [3.63, 3.8) is 0 Å². The summed E-state index contributed by atoms with van der Waals surface area (Å²) in [5, 5.41) is 19.7. The fourth-order valence-corrected chi connectivity index (χ4v) is 3.87. The SMILES string of the molecule is Cc1ccc2c(c1)C1(OC[C@@H](C3OC(=O)C(O)=C3O)O1)c1cc(C)ccc1O2. The predicted octanol–water partition coefficient (Wildman–Crippen LogP) is 3.28. The molecule has 3 heterocycles. The molecule has 28 heavy (non-hydrogen) atoms. The highest BCUT2D eigenvalue weighted by molar-refractivity contribution is 5.89. The molecular formula is C21H18O7. The molecule has 0 amide bonds. The Hall–Kier alpha value is -3.03. The maximum absolute atomic E-state index is 11.6. The van der Waals surface area contributed by atoms with E-state index in [4.69, 9.17) is 18.9 Å². The van der Waals surface area contributed by atoms with Crippen molar-refractivity contribution in [1.29, 1.82) is 0 Å². The van der Waals surface area contributed by atoms with Gasteiger partial charge in [-0.1, -0.05) is 23.3 Å². The first-order chi connectivity index (χ1) is 13.4. The van der Waals surface area contributed by atoms with E-state index < -0.39 is 35.5 Å². The van der Waals surface area contributed by atoms with Gasteiger partial charge in [-0.25, -0.2) is 4.79 Å². The highest BCUT2D eigenvalue weighted by Crippen LogP contribution is 2.53. The number of benzene rings is 2. The van der Waals surface area contributed by atoms with Gasteiger partial charge in [0.25, 0.3) is 0 Å². The summed E-state index contributed by atoms with van der Waals surface area (Å²) in [5.74, 6) is -2.38. The van der Waals surface area contributed by atoms with Gasteiger partial charge in [0.2, 0.25) is 11.5 Å². The van der Waals surface area contributed by atoms with E-state index in [1.165, 1.54) is 0 Å². The predicted molar refractivity (Wildman–Crippen MR) is 96.2 cm³/mol. The molecule has 2 atom stereocenters. The van der Waals surface area contributed by atoms with Crippen molar-refractivity contribution in [2.45, 2.75) is 31.8 Å². The van der Waals surface area contributed by atoms with Crippen LogP contribution in [0.3, 0.4) is 0 Å². The lowest BCUT2D eigenvalue weighted by molar-refractivity contribution is -0.167. The Morgan fingerprint density at radius 2 is 1.61 bits per heavy atom. The van der Waals surface area contributed by atoms with E-state index in [1.54, 1.807) is 0 Å². The summed E-state index contributed by atoms with van der Waals surface area (Å²) in [6.07, 6.45) is -1.93. The Kier molecular flexibility index (Phi) is 3.50. The fraction of sp³-hybridized carbons (Fsp3) is 0.286. The van der Waals surface area contributed by atoms with Crippen LogP contribution in [0.5, 0.6) is 11.5 Å². The zero-order chi connectivity index (χ0) is 19.6. The van der Waals surface area contributed by atoms with Crippen LogP contribution in [-0.2, 0) is 24.8 Å². The van der Waals surface area contributed by atoms with Crippen LogP contribution in [0.15, 0.2) is 47.9 Å². The third kappa shape index (κ3) is 2.26. The standard InChI is InChI=1S/C21H18O7/c1-10-3-5-14-12(7-10)21(13-8-11(2)4-6-15(13)26-14)25-9-16(28-21)19-17(22)18(23)20(24)27-19/h3-8,16,19,22-23H,9H2,1-2H3/t16-,19?/m0/s1. The van der Waals surface area contributed by atoms with Crippen LogP contribution in [0.4, 0.5) is 0 Å². The van der Waals surface area contributed by atoms with Gasteiger partial charge in [-0.3, -0.25) is 0 Å². The average Bonchev–Trinajstić information content (AvgIpc) is 3.22. The molecule has 7 nitrogen and oxygen atoms in total. The number of cyclic esters (lactones) is 1. The lowest BCUT2D eigenvalue weighted by Gasteiger charge is -2.36. The lowest BCUT2D eigenvalue weighted by Crippen LogP contribution is -2.36. The van der Waals surface area contributed by atoms with Gasteiger partial charge >= 0.3 is 5.97 Å². The summed E-state index contributed by atoms with van der Waals surface area (Å²) in [7, 11) is 0. The van der Waals surface area contributed by atoms with E-state index in [9.17, 15) is 15.0 Å². The van der Waals surface area contributed by atoms with Crippen LogP contribution in [0.1, 0.15) is 22.3 Å². The van der Waals surface area contributed by atoms with Gasteiger partial charge in [-0.05, 0) is 38.1 Å². The molecule has 1 spiro atoms. The second-order valence-corrected chi connectivity index (χ2v) is 7.24. The monoisotopic (exact) mass is 382 g/mol. The van der Waals surface area contributed by atoms with Crippen molar-refractivity contribution in [3.05, 3.63) is 70.2 Å². The number of aryl methyl sites for hydroxylation is 2. The number of hydrogen-bond donors (Lipinski definition) is 2. The van der Waals surface area contributed by atoms with E-state index in [0.717, 1.165) is 11.1 Å². The minimum absolute atomic E-state index is 0.0516. The third-order valence-electron chi connectivity index (χ3n) is 5.24. The molecule has 1 saturated heterocycles. The lowest BCUT2D eigenvalue weighted by atomic mass is 9.91. The normalized spacial score (nSPS) is 24.7. The Morgan fingerprint density at radius 3 is 2.14 bits per heavy atom. The molecule has 0 radical (unpaired) electrons. The van der Waals surface area contributed by atoms with Gasteiger partial charge in [0, 0.05) is 0 Å². The number of fused-ring (bicyclic) bond motifs is 4. The fourth-order valence-electron chi connectivity index (χ4n) is 3.87. The highest BCUT2D eigenvalue weighted by Gasteiger charge is 2.55. The van der Waals surface area contributed by atoms with Gasteiger partial charge < -0.3 is 29.2 Å². The number of ether oxygens (including phenoxy) is 4. The maximum atomic E-state index is 11.6. The van der Waals surface area contributed by atoms with Gasteiger partial charge in [0.05, 0.1) is 17.7 Å². The van der Waals surface area contributed by atoms with Crippen LogP contribution < -0.4 is 4.74 Å². The minimum Gasteiger partial charge on any atom is -0.505 e.